The lowest BCUT2D eigenvalue weighted by Gasteiger charge is -2.33. The normalized spacial score (nSPS) is 16.3. The molecule has 1 fully saturated rings. The highest BCUT2D eigenvalue weighted by molar-refractivity contribution is 6.30. The van der Waals surface area contributed by atoms with E-state index in [1.807, 2.05) is 26.0 Å². The van der Waals surface area contributed by atoms with Crippen LogP contribution < -0.4 is 15.4 Å². The van der Waals surface area contributed by atoms with E-state index in [-0.39, 0.29) is 29.6 Å². The highest BCUT2D eigenvalue weighted by atomic mass is 35.5. The van der Waals surface area contributed by atoms with Gasteiger partial charge in [0.05, 0.1) is 52.1 Å². The second-order valence-electron chi connectivity index (χ2n) is 11.7. The number of benzene rings is 1. The van der Waals surface area contributed by atoms with Crippen molar-refractivity contribution in [2.24, 2.45) is 11.7 Å². The van der Waals surface area contributed by atoms with Crippen LogP contribution in [0.25, 0.3) is 22.2 Å². The third-order valence-corrected chi connectivity index (χ3v) is 8.58. The molecule has 7 rings (SSSR count). The third kappa shape index (κ3) is 5.32. The molecule has 234 valence electrons. The topological polar surface area (TPSA) is 129 Å². The SMILES string of the molecule is Cc1ccc([C@@H](C)n2ncc3c(-c4ccc5c(c4)OC(F)(F)C(=O)N5Cc4ccc(Cl)cn4)c(C(N)=O)c(CC4CC4)nc32)nc1. The van der Waals surface area contributed by atoms with Crippen LogP contribution in [0.1, 0.15) is 58.8 Å². The zero-order valence-corrected chi connectivity index (χ0v) is 25.6. The Kier molecular flexibility index (Phi) is 7.19. The molecule has 0 unspecified atom stereocenters. The zero-order chi connectivity index (χ0) is 32.3. The van der Waals surface area contributed by atoms with Gasteiger partial charge in [-0.25, -0.2) is 9.67 Å². The van der Waals surface area contributed by atoms with Crippen molar-refractivity contribution >= 4 is 40.1 Å². The highest BCUT2D eigenvalue weighted by Gasteiger charge is 2.50. The molecule has 1 saturated carbocycles. The first-order valence-corrected chi connectivity index (χ1v) is 15.1. The molecule has 1 aliphatic heterocycles. The lowest BCUT2D eigenvalue weighted by atomic mass is 9.93. The smallest absolute Gasteiger partial charge is 0.423 e. The summed E-state index contributed by atoms with van der Waals surface area (Å²) in [6, 6.07) is 11.2. The van der Waals surface area contributed by atoms with E-state index in [9.17, 15) is 9.59 Å². The number of carbonyl (C=O) groups is 2. The number of fused-ring (bicyclic) bond motifs is 2. The van der Waals surface area contributed by atoms with Crippen molar-refractivity contribution in [1.29, 1.82) is 0 Å². The first-order valence-electron chi connectivity index (χ1n) is 14.8. The van der Waals surface area contributed by atoms with Crippen molar-refractivity contribution in [2.45, 2.75) is 51.8 Å². The minimum absolute atomic E-state index is 0.121. The van der Waals surface area contributed by atoms with E-state index in [2.05, 4.69) is 15.1 Å². The number of amides is 2. The Bertz CT molecular complexity index is 2010. The van der Waals surface area contributed by atoms with Crippen molar-refractivity contribution < 1.29 is 23.1 Å². The second-order valence-corrected chi connectivity index (χ2v) is 12.2. The van der Waals surface area contributed by atoms with Crippen LogP contribution in [0.3, 0.4) is 0 Å². The number of nitrogens with two attached hydrogens (primary N) is 1. The number of pyridine rings is 3. The van der Waals surface area contributed by atoms with E-state index >= 15 is 8.78 Å². The van der Waals surface area contributed by atoms with E-state index in [4.69, 9.17) is 27.1 Å². The molecule has 1 aliphatic carbocycles. The largest absolute Gasteiger partial charge is 0.482 e. The van der Waals surface area contributed by atoms with Gasteiger partial charge in [0, 0.05) is 23.3 Å². The standard InChI is InChI=1S/C33H28ClF2N7O3/c1-17-3-9-24(39-13-17)18(2)43-31-23(15-40-43)28(29(30(37)44)25(41-31)11-19-4-5-19)20-6-10-26-27(12-20)46-33(35,36)32(45)42(26)16-22-8-7-21(34)14-38-22/h3,6-10,12-15,18-19H,4-5,11,16H2,1-2H3,(H2,37,44)/t18-/m1/s1. The molecule has 10 nitrogen and oxygen atoms in total. The summed E-state index contributed by atoms with van der Waals surface area (Å²) in [5.41, 5.74) is 10.2. The van der Waals surface area contributed by atoms with Gasteiger partial charge in [-0.15, -0.1) is 0 Å². The summed E-state index contributed by atoms with van der Waals surface area (Å²) >= 11 is 5.93. The van der Waals surface area contributed by atoms with E-state index in [1.54, 1.807) is 35.3 Å². The number of halogens is 3. The molecule has 0 bridgehead atoms. The van der Waals surface area contributed by atoms with Crippen molar-refractivity contribution in [1.82, 2.24) is 24.7 Å². The third-order valence-electron chi connectivity index (χ3n) is 8.35. The maximum atomic E-state index is 15.0. The number of primary amides is 1. The molecule has 0 spiro atoms. The zero-order valence-electron chi connectivity index (χ0n) is 24.9. The van der Waals surface area contributed by atoms with Gasteiger partial charge in [0.15, 0.2) is 11.4 Å². The van der Waals surface area contributed by atoms with Crippen LogP contribution >= 0.6 is 11.6 Å². The summed E-state index contributed by atoms with van der Waals surface area (Å²) in [7, 11) is 0. The number of hydrogen-bond acceptors (Lipinski definition) is 7. The van der Waals surface area contributed by atoms with Crippen LogP contribution in [0.15, 0.2) is 61.1 Å². The van der Waals surface area contributed by atoms with E-state index in [0.29, 0.717) is 50.9 Å². The monoisotopic (exact) mass is 643 g/mol. The predicted octanol–water partition coefficient (Wildman–Crippen LogP) is 6.03. The second kappa shape index (κ2) is 11.1. The predicted molar refractivity (Wildman–Crippen MR) is 167 cm³/mol. The molecule has 46 heavy (non-hydrogen) atoms. The molecule has 2 aliphatic rings. The van der Waals surface area contributed by atoms with Crippen molar-refractivity contribution in [3.63, 3.8) is 0 Å². The highest BCUT2D eigenvalue weighted by Crippen LogP contribution is 2.45. The Labute approximate surface area is 267 Å². The summed E-state index contributed by atoms with van der Waals surface area (Å²) < 4.78 is 36.8. The number of nitrogens with zero attached hydrogens (tertiary/aromatic N) is 6. The summed E-state index contributed by atoms with van der Waals surface area (Å²) in [6.45, 7) is 3.66. The Morgan fingerprint density at radius 3 is 2.61 bits per heavy atom. The Morgan fingerprint density at radius 1 is 1.13 bits per heavy atom. The molecule has 13 heteroatoms. The molecule has 1 atom stereocenters. The number of rotatable bonds is 8. The van der Waals surface area contributed by atoms with Crippen LogP contribution in [0.4, 0.5) is 14.5 Å². The lowest BCUT2D eigenvalue weighted by Crippen LogP contribution is -2.50. The summed E-state index contributed by atoms with van der Waals surface area (Å²) in [5.74, 6) is -2.11. The van der Waals surface area contributed by atoms with Gasteiger partial charge in [-0.05, 0) is 80.5 Å². The van der Waals surface area contributed by atoms with Gasteiger partial charge >= 0.3 is 12.0 Å². The molecule has 2 N–H and O–H groups in total. The molecular formula is C33H28ClF2N7O3. The van der Waals surface area contributed by atoms with Crippen LogP contribution in [0.2, 0.25) is 5.02 Å². The molecule has 0 saturated heterocycles. The number of anilines is 1. The van der Waals surface area contributed by atoms with Crippen molar-refractivity contribution in [3.05, 3.63) is 94.3 Å². The van der Waals surface area contributed by atoms with Crippen molar-refractivity contribution in [3.8, 4) is 16.9 Å². The van der Waals surface area contributed by atoms with Gasteiger partial charge in [-0.2, -0.15) is 13.9 Å². The molecule has 2 amide bonds. The van der Waals surface area contributed by atoms with Gasteiger partial charge in [-0.1, -0.05) is 23.7 Å². The van der Waals surface area contributed by atoms with Crippen molar-refractivity contribution in [2.75, 3.05) is 4.90 Å². The molecule has 1 aromatic carbocycles. The minimum atomic E-state index is -4.14. The van der Waals surface area contributed by atoms with Gasteiger partial charge < -0.3 is 10.5 Å². The summed E-state index contributed by atoms with van der Waals surface area (Å²) in [5, 5.41) is 5.52. The number of alkyl halides is 2. The minimum Gasteiger partial charge on any atom is -0.423 e. The quantitative estimate of drug-likeness (QED) is 0.219. The molecule has 5 heterocycles. The van der Waals surface area contributed by atoms with E-state index in [0.717, 1.165) is 29.0 Å². The van der Waals surface area contributed by atoms with Gasteiger partial charge in [-0.3, -0.25) is 24.5 Å². The maximum Gasteiger partial charge on any atom is 0.482 e. The first kappa shape index (κ1) is 29.7. The van der Waals surface area contributed by atoms with Gasteiger partial charge in [0.25, 0.3) is 5.91 Å². The fraction of sp³-hybridized carbons (Fsp3) is 0.273. The fourth-order valence-electron chi connectivity index (χ4n) is 5.79. The Balaban J connectivity index is 1.39. The molecule has 0 radical (unpaired) electrons. The maximum absolute atomic E-state index is 15.0. The molecule has 5 aromatic rings. The van der Waals surface area contributed by atoms with Crippen LogP contribution in [-0.4, -0.2) is 42.7 Å². The Hall–Kier alpha value is -4.97. The average Bonchev–Trinajstić information content (AvgIpc) is 3.74. The molecule has 4 aromatic heterocycles. The van der Waals surface area contributed by atoms with Gasteiger partial charge in [0.2, 0.25) is 0 Å². The number of hydrogen-bond donors (Lipinski definition) is 1. The van der Waals surface area contributed by atoms with Crippen LogP contribution in [0.5, 0.6) is 5.75 Å². The van der Waals surface area contributed by atoms with E-state index in [1.165, 1.54) is 18.3 Å². The van der Waals surface area contributed by atoms with Crippen LogP contribution in [0, 0.1) is 12.8 Å². The van der Waals surface area contributed by atoms with E-state index < -0.39 is 17.9 Å². The molecular weight excluding hydrogens is 616 g/mol. The summed E-state index contributed by atoms with van der Waals surface area (Å²) in [6.07, 6.45) is 3.14. The number of ether oxygens (including phenoxy) is 1. The van der Waals surface area contributed by atoms with Crippen LogP contribution in [-0.2, 0) is 17.8 Å². The number of aryl methyl sites for hydroxylation is 1. The Morgan fingerprint density at radius 2 is 1.93 bits per heavy atom. The van der Waals surface area contributed by atoms with Gasteiger partial charge in [0.1, 0.15) is 0 Å². The fourth-order valence-corrected chi connectivity index (χ4v) is 5.90. The average molecular weight is 644 g/mol. The lowest BCUT2D eigenvalue weighted by molar-refractivity contribution is -0.193. The summed E-state index contributed by atoms with van der Waals surface area (Å²) in [4.78, 5) is 40.5. The number of carbonyl (C=O) groups excluding carboxylic acids is 2. The first-order chi connectivity index (χ1) is 22.0. The number of aromatic nitrogens is 5.